The molecular formula is C11H16O2. The second-order valence-corrected chi connectivity index (χ2v) is 3.36. The van der Waals surface area contributed by atoms with Gasteiger partial charge in [0, 0.05) is 12.5 Å². The third-order valence-corrected chi connectivity index (χ3v) is 2.40. The zero-order chi connectivity index (χ0) is 9.68. The predicted molar refractivity (Wildman–Crippen MR) is 52.5 cm³/mol. The summed E-state index contributed by atoms with van der Waals surface area (Å²) in [5.74, 6) is 0.151. The van der Waals surface area contributed by atoms with E-state index in [9.17, 15) is 0 Å². The highest BCUT2D eigenvalue weighted by molar-refractivity contribution is 5.20. The molecule has 0 saturated carbocycles. The highest BCUT2D eigenvalue weighted by Gasteiger charge is 2.16. The van der Waals surface area contributed by atoms with Crippen LogP contribution in [0.25, 0.3) is 0 Å². The zero-order valence-electron chi connectivity index (χ0n) is 7.85. The lowest BCUT2D eigenvalue weighted by Crippen LogP contribution is -2.16. The van der Waals surface area contributed by atoms with E-state index in [4.69, 9.17) is 10.2 Å². The third-order valence-electron chi connectivity index (χ3n) is 2.40. The van der Waals surface area contributed by atoms with Gasteiger partial charge in [-0.25, -0.2) is 0 Å². The monoisotopic (exact) mass is 180 g/mol. The molecule has 0 saturated heterocycles. The highest BCUT2D eigenvalue weighted by atomic mass is 16.3. The molecule has 0 aliphatic rings. The van der Waals surface area contributed by atoms with Crippen molar-refractivity contribution in [3.8, 4) is 0 Å². The number of benzene rings is 1. The maximum Gasteiger partial charge on any atom is 0.0503 e. The van der Waals surface area contributed by atoms with Crippen molar-refractivity contribution in [1.82, 2.24) is 0 Å². The van der Waals surface area contributed by atoms with Gasteiger partial charge < -0.3 is 10.2 Å². The molecule has 1 aromatic carbocycles. The molecule has 0 aromatic heterocycles. The number of aliphatic hydroxyl groups excluding tert-OH is 2. The molecule has 0 unspecified atom stereocenters. The molecule has 0 aliphatic heterocycles. The fourth-order valence-electron chi connectivity index (χ4n) is 1.44. The molecule has 0 fully saturated rings. The third kappa shape index (κ3) is 2.54. The van der Waals surface area contributed by atoms with Gasteiger partial charge in [-0.05, 0) is 11.5 Å². The van der Waals surface area contributed by atoms with E-state index in [1.165, 1.54) is 0 Å². The Balaban J connectivity index is 2.78. The van der Waals surface area contributed by atoms with Crippen LogP contribution in [0.1, 0.15) is 18.4 Å². The molecule has 2 N–H and O–H groups in total. The van der Waals surface area contributed by atoms with Crippen LogP contribution in [0.3, 0.4) is 0 Å². The second kappa shape index (κ2) is 5.00. The summed E-state index contributed by atoms with van der Waals surface area (Å²) in [5, 5.41) is 18.2. The van der Waals surface area contributed by atoms with Gasteiger partial charge in [0.2, 0.25) is 0 Å². The van der Waals surface area contributed by atoms with Gasteiger partial charge >= 0.3 is 0 Å². The van der Waals surface area contributed by atoms with Crippen molar-refractivity contribution in [2.24, 2.45) is 5.92 Å². The van der Waals surface area contributed by atoms with E-state index in [1.807, 2.05) is 37.3 Å². The summed E-state index contributed by atoms with van der Waals surface area (Å²) in [4.78, 5) is 0. The minimum absolute atomic E-state index is 0.0474. The molecule has 2 atom stereocenters. The summed E-state index contributed by atoms with van der Waals surface area (Å²) in [7, 11) is 0. The lowest BCUT2D eigenvalue weighted by molar-refractivity contribution is 0.169. The number of hydrogen-bond acceptors (Lipinski definition) is 2. The SMILES string of the molecule is C[C@@H](CO)[C@@H](CO)c1ccccc1. The maximum absolute atomic E-state index is 9.17. The van der Waals surface area contributed by atoms with Crippen molar-refractivity contribution in [2.75, 3.05) is 13.2 Å². The molecule has 0 radical (unpaired) electrons. The molecule has 0 spiro atoms. The minimum Gasteiger partial charge on any atom is -0.396 e. The average Bonchev–Trinajstić information content (AvgIpc) is 2.20. The van der Waals surface area contributed by atoms with Crippen LogP contribution in [0.2, 0.25) is 0 Å². The van der Waals surface area contributed by atoms with Gasteiger partial charge in [0.15, 0.2) is 0 Å². The van der Waals surface area contributed by atoms with E-state index in [1.54, 1.807) is 0 Å². The molecular weight excluding hydrogens is 164 g/mol. The maximum atomic E-state index is 9.17. The van der Waals surface area contributed by atoms with Gasteiger partial charge in [-0.2, -0.15) is 0 Å². The molecule has 13 heavy (non-hydrogen) atoms. The van der Waals surface area contributed by atoms with E-state index in [2.05, 4.69) is 0 Å². The van der Waals surface area contributed by atoms with Crippen LogP contribution in [0.5, 0.6) is 0 Å². The lowest BCUT2D eigenvalue weighted by atomic mass is 9.88. The summed E-state index contributed by atoms with van der Waals surface area (Å²) in [5.41, 5.74) is 1.09. The Labute approximate surface area is 78.8 Å². The first kappa shape index (κ1) is 10.2. The molecule has 1 aromatic rings. The van der Waals surface area contributed by atoms with Crippen LogP contribution in [0, 0.1) is 5.92 Å². The Kier molecular flexibility index (Phi) is 3.93. The van der Waals surface area contributed by atoms with E-state index >= 15 is 0 Å². The number of aliphatic hydroxyl groups is 2. The topological polar surface area (TPSA) is 40.5 Å². The van der Waals surface area contributed by atoms with Crippen molar-refractivity contribution >= 4 is 0 Å². The van der Waals surface area contributed by atoms with Crippen molar-refractivity contribution in [3.63, 3.8) is 0 Å². The van der Waals surface area contributed by atoms with E-state index in [0.29, 0.717) is 0 Å². The van der Waals surface area contributed by atoms with Crippen molar-refractivity contribution in [2.45, 2.75) is 12.8 Å². The normalized spacial score (nSPS) is 15.3. The Hall–Kier alpha value is -0.860. The predicted octanol–water partition coefficient (Wildman–Crippen LogP) is 1.39. The van der Waals surface area contributed by atoms with Crippen LogP contribution >= 0.6 is 0 Å². The molecule has 2 nitrogen and oxygen atoms in total. The van der Waals surface area contributed by atoms with Crippen LogP contribution in [-0.4, -0.2) is 23.4 Å². The molecule has 0 bridgehead atoms. The standard InChI is InChI=1S/C11H16O2/c1-9(7-12)11(8-13)10-5-3-2-4-6-10/h2-6,9,11-13H,7-8H2,1H3/t9-,11+/m0/s1. The Morgan fingerprint density at radius 2 is 1.69 bits per heavy atom. The van der Waals surface area contributed by atoms with Gasteiger partial charge in [0.05, 0.1) is 6.61 Å². The summed E-state index contributed by atoms with van der Waals surface area (Å²) >= 11 is 0. The van der Waals surface area contributed by atoms with Crippen LogP contribution in [0.4, 0.5) is 0 Å². The number of hydrogen-bond donors (Lipinski definition) is 2. The molecule has 0 heterocycles. The smallest absolute Gasteiger partial charge is 0.0503 e. The molecule has 1 rings (SSSR count). The first-order valence-corrected chi connectivity index (χ1v) is 4.56. The van der Waals surface area contributed by atoms with Crippen molar-refractivity contribution < 1.29 is 10.2 Å². The average molecular weight is 180 g/mol. The quantitative estimate of drug-likeness (QED) is 0.735. The fraction of sp³-hybridized carbons (Fsp3) is 0.455. The van der Waals surface area contributed by atoms with Crippen LogP contribution in [-0.2, 0) is 0 Å². The van der Waals surface area contributed by atoms with Gasteiger partial charge in [0.1, 0.15) is 0 Å². The molecule has 0 amide bonds. The Morgan fingerprint density at radius 1 is 1.08 bits per heavy atom. The zero-order valence-corrected chi connectivity index (χ0v) is 7.85. The van der Waals surface area contributed by atoms with Gasteiger partial charge in [-0.15, -0.1) is 0 Å². The Morgan fingerprint density at radius 3 is 2.15 bits per heavy atom. The molecule has 0 aliphatic carbocycles. The van der Waals surface area contributed by atoms with Crippen molar-refractivity contribution in [3.05, 3.63) is 35.9 Å². The summed E-state index contributed by atoms with van der Waals surface area (Å²) in [6.07, 6.45) is 0. The van der Waals surface area contributed by atoms with Gasteiger partial charge in [-0.3, -0.25) is 0 Å². The van der Waals surface area contributed by atoms with Gasteiger partial charge in [0.25, 0.3) is 0 Å². The highest BCUT2D eigenvalue weighted by Crippen LogP contribution is 2.23. The van der Waals surface area contributed by atoms with Crippen LogP contribution < -0.4 is 0 Å². The summed E-state index contributed by atoms with van der Waals surface area (Å²) < 4.78 is 0. The minimum atomic E-state index is 0.0474. The van der Waals surface area contributed by atoms with Gasteiger partial charge in [-0.1, -0.05) is 37.3 Å². The summed E-state index contributed by atoms with van der Waals surface area (Å²) in [6.45, 7) is 2.14. The second-order valence-electron chi connectivity index (χ2n) is 3.36. The van der Waals surface area contributed by atoms with Crippen LogP contribution in [0.15, 0.2) is 30.3 Å². The van der Waals surface area contributed by atoms with E-state index < -0.39 is 0 Å². The molecule has 2 heteroatoms. The Bertz CT molecular complexity index is 233. The molecule has 72 valence electrons. The fourth-order valence-corrected chi connectivity index (χ4v) is 1.44. The number of rotatable bonds is 4. The van der Waals surface area contributed by atoms with E-state index in [0.717, 1.165) is 5.56 Å². The lowest BCUT2D eigenvalue weighted by Gasteiger charge is -2.20. The van der Waals surface area contributed by atoms with E-state index in [-0.39, 0.29) is 25.0 Å². The largest absolute Gasteiger partial charge is 0.396 e. The van der Waals surface area contributed by atoms with Crippen molar-refractivity contribution in [1.29, 1.82) is 0 Å². The first-order chi connectivity index (χ1) is 6.29. The summed E-state index contributed by atoms with van der Waals surface area (Å²) in [6, 6.07) is 9.80. The first-order valence-electron chi connectivity index (χ1n) is 4.56.